The van der Waals surface area contributed by atoms with E-state index >= 15 is 0 Å². The monoisotopic (exact) mass is 168 g/mol. The summed E-state index contributed by atoms with van der Waals surface area (Å²) in [4.78, 5) is 10.6. The average molecular weight is 169 g/mol. The molecule has 0 aromatic carbocycles. The van der Waals surface area contributed by atoms with Gasteiger partial charge >= 0.3 is 5.97 Å². The van der Waals surface area contributed by atoms with Crippen LogP contribution in [0.3, 0.4) is 0 Å². The number of carbonyl (C=O) groups excluding carboxylic acids is 1. The van der Waals surface area contributed by atoms with Crippen LogP contribution in [0, 0.1) is 0 Å². The van der Waals surface area contributed by atoms with Crippen LogP contribution in [0.1, 0.15) is 13.8 Å². The van der Waals surface area contributed by atoms with Crippen LogP contribution in [0.15, 0.2) is 0 Å². The molecule has 0 heterocycles. The Balaban J connectivity index is 3.71. The fraction of sp³-hybridized carbons (Fsp3) is 0.833. The second-order valence-electron chi connectivity index (χ2n) is 1.83. The van der Waals surface area contributed by atoms with Gasteiger partial charge in [0.15, 0.2) is 5.38 Å². The number of ether oxygens (including phenoxy) is 1. The quantitative estimate of drug-likeness (QED) is 0.472. The second kappa shape index (κ2) is 4.50. The third-order valence-electron chi connectivity index (χ3n) is 0.915. The zero-order valence-corrected chi connectivity index (χ0v) is 6.69. The molecule has 2 unspecified atom stereocenters. The van der Waals surface area contributed by atoms with Crippen LogP contribution in [0.5, 0.6) is 0 Å². The van der Waals surface area contributed by atoms with Crippen molar-refractivity contribution >= 4 is 17.6 Å². The Morgan fingerprint density at radius 1 is 1.80 bits per heavy atom. The zero-order valence-electron chi connectivity index (χ0n) is 5.93. The van der Waals surface area contributed by atoms with Crippen molar-refractivity contribution in [1.82, 2.24) is 0 Å². The number of carbonyl (C=O) groups is 1. The van der Waals surface area contributed by atoms with E-state index in [2.05, 4.69) is 4.74 Å². The Hall–Kier alpha value is -0.310. The van der Waals surface area contributed by atoms with Gasteiger partial charge in [-0.1, -0.05) is 0 Å². The maximum absolute atomic E-state index is 12.2. The lowest BCUT2D eigenvalue weighted by Gasteiger charge is -2.08. The first-order valence-electron chi connectivity index (χ1n) is 3.04. The van der Waals surface area contributed by atoms with Crippen LogP contribution in [0.4, 0.5) is 4.39 Å². The summed E-state index contributed by atoms with van der Waals surface area (Å²) in [5.74, 6) is -0.695. The van der Waals surface area contributed by atoms with Gasteiger partial charge in [0, 0.05) is 0 Å². The van der Waals surface area contributed by atoms with Gasteiger partial charge in [0.2, 0.25) is 0 Å². The van der Waals surface area contributed by atoms with Gasteiger partial charge in [-0.2, -0.15) is 0 Å². The predicted molar refractivity (Wildman–Crippen MR) is 36.8 cm³/mol. The number of alkyl halides is 2. The number of hydrogen-bond donors (Lipinski definition) is 0. The molecule has 0 aliphatic carbocycles. The molecule has 0 aliphatic rings. The SMILES string of the molecule is CCOC(=O)C(Cl)C(C)F. The molecular formula is C6H10ClFO2. The van der Waals surface area contributed by atoms with Gasteiger partial charge in [-0.3, -0.25) is 4.79 Å². The van der Waals surface area contributed by atoms with Gasteiger partial charge in [0.05, 0.1) is 6.61 Å². The number of hydrogen-bond acceptors (Lipinski definition) is 2. The van der Waals surface area contributed by atoms with E-state index in [0.29, 0.717) is 0 Å². The minimum atomic E-state index is -1.36. The van der Waals surface area contributed by atoms with Crippen molar-refractivity contribution < 1.29 is 13.9 Å². The molecule has 0 N–H and O–H groups in total. The topological polar surface area (TPSA) is 26.3 Å². The molecule has 2 atom stereocenters. The molecule has 0 rings (SSSR count). The molecule has 0 aromatic rings. The zero-order chi connectivity index (χ0) is 8.15. The number of halogens is 2. The standard InChI is InChI=1S/C6H10ClFO2/c1-3-10-6(9)5(7)4(2)8/h4-5H,3H2,1-2H3. The molecule has 0 aromatic heterocycles. The highest BCUT2D eigenvalue weighted by Gasteiger charge is 2.22. The smallest absolute Gasteiger partial charge is 0.327 e. The van der Waals surface area contributed by atoms with Crippen molar-refractivity contribution in [2.45, 2.75) is 25.4 Å². The van der Waals surface area contributed by atoms with Gasteiger partial charge in [-0.25, -0.2) is 4.39 Å². The van der Waals surface area contributed by atoms with Gasteiger partial charge < -0.3 is 4.74 Å². The number of esters is 1. The fourth-order valence-corrected chi connectivity index (χ4v) is 0.472. The third kappa shape index (κ3) is 3.01. The predicted octanol–water partition coefficient (Wildman–Crippen LogP) is 1.51. The molecule has 0 bridgehead atoms. The Morgan fingerprint density at radius 2 is 2.30 bits per heavy atom. The summed E-state index contributed by atoms with van der Waals surface area (Å²) >= 11 is 5.30. The first-order chi connectivity index (χ1) is 4.59. The lowest BCUT2D eigenvalue weighted by Crippen LogP contribution is -2.25. The number of rotatable bonds is 3. The van der Waals surface area contributed by atoms with Gasteiger partial charge in [-0.05, 0) is 13.8 Å². The summed E-state index contributed by atoms with van der Waals surface area (Å²) in [6.45, 7) is 3.09. The van der Waals surface area contributed by atoms with Gasteiger partial charge in [0.25, 0.3) is 0 Å². The summed E-state index contributed by atoms with van der Waals surface area (Å²) < 4.78 is 16.7. The molecule has 4 heteroatoms. The maximum atomic E-state index is 12.2. The van der Waals surface area contributed by atoms with E-state index in [-0.39, 0.29) is 6.61 Å². The fourth-order valence-electron chi connectivity index (χ4n) is 0.409. The van der Waals surface area contributed by atoms with Gasteiger partial charge in [0.1, 0.15) is 6.17 Å². The van der Waals surface area contributed by atoms with E-state index < -0.39 is 17.5 Å². The van der Waals surface area contributed by atoms with Crippen LogP contribution >= 0.6 is 11.6 Å². The molecule has 0 spiro atoms. The molecule has 2 nitrogen and oxygen atoms in total. The molecule has 0 saturated carbocycles. The van der Waals surface area contributed by atoms with Gasteiger partial charge in [-0.15, -0.1) is 11.6 Å². The van der Waals surface area contributed by atoms with E-state index in [1.165, 1.54) is 6.92 Å². The summed E-state index contributed by atoms with van der Waals surface area (Å²) in [6, 6.07) is 0. The van der Waals surface area contributed by atoms with E-state index in [9.17, 15) is 9.18 Å². The summed E-state index contributed by atoms with van der Waals surface area (Å²) in [5, 5.41) is -1.17. The lowest BCUT2D eigenvalue weighted by molar-refractivity contribution is -0.143. The molecule has 10 heavy (non-hydrogen) atoms. The second-order valence-corrected chi connectivity index (χ2v) is 2.30. The van der Waals surface area contributed by atoms with Crippen LogP contribution in [0.2, 0.25) is 0 Å². The first kappa shape index (κ1) is 9.69. The largest absolute Gasteiger partial charge is 0.465 e. The highest BCUT2D eigenvalue weighted by molar-refractivity contribution is 6.30. The first-order valence-corrected chi connectivity index (χ1v) is 3.48. The Kier molecular flexibility index (Phi) is 4.36. The molecular weight excluding hydrogens is 159 g/mol. The molecule has 0 radical (unpaired) electrons. The Labute approximate surface area is 64.3 Å². The van der Waals surface area contributed by atoms with Crippen LogP contribution in [-0.2, 0) is 9.53 Å². The molecule has 0 saturated heterocycles. The average Bonchev–Trinajstić information content (AvgIpc) is 1.87. The van der Waals surface area contributed by atoms with Crippen molar-refractivity contribution in [2.24, 2.45) is 0 Å². The van der Waals surface area contributed by atoms with Crippen molar-refractivity contribution in [2.75, 3.05) is 6.61 Å². The Bertz CT molecular complexity index is 116. The lowest BCUT2D eigenvalue weighted by atomic mass is 10.3. The Morgan fingerprint density at radius 3 is 2.60 bits per heavy atom. The van der Waals surface area contributed by atoms with Crippen LogP contribution in [-0.4, -0.2) is 24.1 Å². The molecule has 60 valence electrons. The summed E-state index contributed by atoms with van der Waals surface area (Å²) in [7, 11) is 0. The van der Waals surface area contributed by atoms with Crippen LogP contribution in [0.25, 0.3) is 0 Å². The van der Waals surface area contributed by atoms with Crippen molar-refractivity contribution in [3.05, 3.63) is 0 Å². The van der Waals surface area contributed by atoms with E-state index in [1.807, 2.05) is 0 Å². The van der Waals surface area contributed by atoms with Crippen molar-refractivity contribution in [3.63, 3.8) is 0 Å². The third-order valence-corrected chi connectivity index (χ3v) is 1.44. The highest BCUT2D eigenvalue weighted by Crippen LogP contribution is 2.07. The molecule has 0 fully saturated rings. The van der Waals surface area contributed by atoms with E-state index in [4.69, 9.17) is 11.6 Å². The van der Waals surface area contributed by atoms with E-state index in [1.54, 1.807) is 6.92 Å². The van der Waals surface area contributed by atoms with Crippen molar-refractivity contribution in [1.29, 1.82) is 0 Å². The minimum absolute atomic E-state index is 0.231. The highest BCUT2D eigenvalue weighted by atomic mass is 35.5. The molecule has 0 aliphatic heterocycles. The van der Waals surface area contributed by atoms with Crippen molar-refractivity contribution in [3.8, 4) is 0 Å². The summed E-state index contributed by atoms with van der Waals surface area (Å²) in [6.07, 6.45) is -1.36. The minimum Gasteiger partial charge on any atom is -0.465 e. The van der Waals surface area contributed by atoms with E-state index in [0.717, 1.165) is 0 Å². The summed E-state index contributed by atoms with van der Waals surface area (Å²) in [5.41, 5.74) is 0. The molecule has 0 amide bonds. The normalized spacial score (nSPS) is 16.0. The van der Waals surface area contributed by atoms with Crippen LogP contribution < -0.4 is 0 Å². The maximum Gasteiger partial charge on any atom is 0.327 e.